The molecule has 1 aromatic carbocycles. The summed E-state index contributed by atoms with van der Waals surface area (Å²) in [5.41, 5.74) is 6.46. The summed E-state index contributed by atoms with van der Waals surface area (Å²) < 4.78 is 13.5. The molecule has 0 aromatic heterocycles. The van der Waals surface area contributed by atoms with Crippen LogP contribution in [0.4, 0.5) is 15.8 Å². The van der Waals surface area contributed by atoms with Gasteiger partial charge >= 0.3 is 0 Å². The Bertz CT molecular complexity index is 437. The topological polar surface area (TPSA) is 58.4 Å². The molecule has 0 bridgehead atoms. The SMILES string of the molecule is CC(Nc1cc(Br)c(F)cc1N)C(=O)N(C)C. The van der Waals surface area contributed by atoms with E-state index < -0.39 is 11.9 Å². The van der Waals surface area contributed by atoms with Crippen LogP contribution in [0, 0.1) is 5.82 Å². The number of nitrogens with one attached hydrogen (secondary N) is 1. The van der Waals surface area contributed by atoms with E-state index in [1.807, 2.05) is 0 Å². The number of anilines is 2. The zero-order valence-electron chi connectivity index (χ0n) is 9.92. The van der Waals surface area contributed by atoms with Crippen molar-refractivity contribution in [3.8, 4) is 0 Å². The van der Waals surface area contributed by atoms with Crippen molar-refractivity contribution >= 4 is 33.2 Å². The van der Waals surface area contributed by atoms with Gasteiger partial charge in [-0.25, -0.2) is 4.39 Å². The molecule has 4 nitrogen and oxygen atoms in total. The first kappa shape index (κ1) is 13.8. The van der Waals surface area contributed by atoms with E-state index in [1.165, 1.54) is 17.0 Å². The Morgan fingerprint density at radius 1 is 1.53 bits per heavy atom. The van der Waals surface area contributed by atoms with Crippen molar-refractivity contribution < 1.29 is 9.18 Å². The average Bonchev–Trinajstić information content (AvgIpc) is 2.24. The molecule has 0 radical (unpaired) electrons. The van der Waals surface area contributed by atoms with Gasteiger partial charge in [-0.3, -0.25) is 4.79 Å². The molecule has 0 fully saturated rings. The summed E-state index contributed by atoms with van der Waals surface area (Å²) in [6.45, 7) is 1.72. The van der Waals surface area contributed by atoms with E-state index in [0.717, 1.165) is 0 Å². The summed E-state index contributed by atoms with van der Waals surface area (Å²) in [5, 5.41) is 2.95. The zero-order valence-corrected chi connectivity index (χ0v) is 11.5. The highest BCUT2D eigenvalue weighted by Gasteiger charge is 2.16. The lowest BCUT2D eigenvalue weighted by Gasteiger charge is -2.20. The van der Waals surface area contributed by atoms with Gasteiger partial charge in [0.1, 0.15) is 11.9 Å². The smallest absolute Gasteiger partial charge is 0.244 e. The molecule has 17 heavy (non-hydrogen) atoms. The van der Waals surface area contributed by atoms with Gasteiger partial charge in [0.25, 0.3) is 0 Å². The summed E-state index contributed by atoms with van der Waals surface area (Å²) >= 11 is 3.07. The van der Waals surface area contributed by atoms with Crippen LogP contribution >= 0.6 is 15.9 Å². The van der Waals surface area contributed by atoms with Crippen LogP contribution in [-0.4, -0.2) is 30.9 Å². The van der Waals surface area contributed by atoms with E-state index in [2.05, 4.69) is 21.2 Å². The summed E-state index contributed by atoms with van der Waals surface area (Å²) in [4.78, 5) is 13.1. The molecule has 1 rings (SSSR count). The zero-order chi connectivity index (χ0) is 13.2. The Kier molecular flexibility index (Phi) is 4.34. The predicted molar refractivity (Wildman–Crippen MR) is 70.3 cm³/mol. The molecule has 0 saturated carbocycles. The van der Waals surface area contributed by atoms with Gasteiger partial charge in [0.05, 0.1) is 15.8 Å². The molecule has 0 aliphatic rings. The number of rotatable bonds is 3. The van der Waals surface area contributed by atoms with Crippen LogP contribution in [0.2, 0.25) is 0 Å². The lowest BCUT2D eigenvalue weighted by Crippen LogP contribution is -2.36. The third-order valence-electron chi connectivity index (χ3n) is 2.28. The number of amides is 1. The van der Waals surface area contributed by atoms with Gasteiger partial charge in [-0.05, 0) is 28.9 Å². The van der Waals surface area contributed by atoms with Crippen LogP contribution in [-0.2, 0) is 4.79 Å². The fraction of sp³-hybridized carbons (Fsp3) is 0.364. The van der Waals surface area contributed by atoms with E-state index >= 15 is 0 Å². The molecule has 1 unspecified atom stereocenters. The quantitative estimate of drug-likeness (QED) is 0.840. The molecule has 1 atom stereocenters. The van der Waals surface area contributed by atoms with Crippen molar-refractivity contribution in [1.29, 1.82) is 0 Å². The molecule has 0 saturated heterocycles. The number of nitrogens with two attached hydrogens (primary N) is 1. The Hall–Kier alpha value is -1.30. The second-order valence-electron chi connectivity index (χ2n) is 3.95. The van der Waals surface area contributed by atoms with E-state index in [1.54, 1.807) is 21.0 Å². The van der Waals surface area contributed by atoms with Gasteiger partial charge < -0.3 is 16.0 Å². The third-order valence-corrected chi connectivity index (χ3v) is 2.88. The molecule has 0 heterocycles. The highest BCUT2D eigenvalue weighted by Crippen LogP contribution is 2.27. The molecular formula is C11H15BrFN3O. The monoisotopic (exact) mass is 303 g/mol. The number of hydrogen-bond donors (Lipinski definition) is 2. The maximum atomic E-state index is 13.2. The minimum atomic E-state index is -0.431. The number of likely N-dealkylation sites (N-methyl/N-ethyl adjacent to an activating group) is 1. The number of nitrogens with zero attached hydrogens (tertiary/aromatic N) is 1. The van der Waals surface area contributed by atoms with Gasteiger partial charge in [0, 0.05) is 20.2 Å². The first-order valence-corrected chi connectivity index (χ1v) is 5.84. The van der Waals surface area contributed by atoms with Crippen LogP contribution in [0.3, 0.4) is 0 Å². The Labute approximate surface area is 108 Å². The minimum absolute atomic E-state index is 0.0788. The number of hydrogen-bond acceptors (Lipinski definition) is 3. The maximum Gasteiger partial charge on any atom is 0.244 e. The lowest BCUT2D eigenvalue weighted by atomic mass is 10.2. The van der Waals surface area contributed by atoms with Crippen LogP contribution in [0.5, 0.6) is 0 Å². The first-order chi connectivity index (χ1) is 7.82. The van der Waals surface area contributed by atoms with Crippen molar-refractivity contribution in [3.63, 3.8) is 0 Å². The van der Waals surface area contributed by atoms with Crippen LogP contribution in [0.25, 0.3) is 0 Å². The molecule has 6 heteroatoms. The third kappa shape index (κ3) is 3.33. The molecule has 94 valence electrons. The molecular weight excluding hydrogens is 289 g/mol. The van der Waals surface area contributed by atoms with Crippen LogP contribution in [0.1, 0.15) is 6.92 Å². The Morgan fingerprint density at radius 2 is 2.12 bits per heavy atom. The highest BCUT2D eigenvalue weighted by molar-refractivity contribution is 9.10. The van der Waals surface area contributed by atoms with Crippen LogP contribution < -0.4 is 11.1 Å². The number of benzene rings is 1. The highest BCUT2D eigenvalue weighted by atomic mass is 79.9. The molecule has 0 spiro atoms. The Balaban J connectivity index is 2.89. The molecule has 3 N–H and O–H groups in total. The van der Waals surface area contributed by atoms with Crippen molar-refractivity contribution in [2.24, 2.45) is 0 Å². The fourth-order valence-corrected chi connectivity index (χ4v) is 1.71. The average molecular weight is 304 g/mol. The second kappa shape index (κ2) is 5.35. The molecule has 1 amide bonds. The van der Waals surface area contributed by atoms with Crippen molar-refractivity contribution in [2.45, 2.75) is 13.0 Å². The number of carbonyl (C=O) groups excluding carboxylic acids is 1. The number of carbonyl (C=O) groups is 1. The number of halogens is 2. The second-order valence-corrected chi connectivity index (χ2v) is 4.81. The summed E-state index contributed by atoms with van der Waals surface area (Å²) in [5.74, 6) is -0.510. The fourth-order valence-electron chi connectivity index (χ4n) is 1.37. The van der Waals surface area contributed by atoms with Gasteiger partial charge in [-0.15, -0.1) is 0 Å². The predicted octanol–water partition coefficient (Wildman–Crippen LogP) is 2.06. The van der Waals surface area contributed by atoms with Gasteiger partial charge in [0.2, 0.25) is 5.91 Å². The molecule has 0 aliphatic heterocycles. The van der Waals surface area contributed by atoms with Gasteiger partial charge in [-0.2, -0.15) is 0 Å². The van der Waals surface area contributed by atoms with E-state index in [9.17, 15) is 9.18 Å². The van der Waals surface area contributed by atoms with Crippen molar-refractivity contribution in [2.75, 3.05) is 25.1 Å². The van der Waals surface area contributed by atoms with Crippen molar-refractivity contribution in [1.82, 2.24) is 4.90 Å². The standard InChI is InChI=1S/C11H15BrFN3O/c1-6(11(17)16(2)3)15-10-4-7(12)8(13)5-9(10)14/h4-6,15H,14H2,1-3H3. The molecule has 1 aromatic rings. The van der Waals surface area contributed by atoms with E-state index in [4.69, 9.17) is 5.73 Å². The normalized spacial score (nSPS) is 12.1. The first-order valence-electron chi connectivity index (χ1n) is 5.05. The molecule has 0 aliphatic carbocycles. The summed E-state index contributed by atoms with van der Waals surface area (Å²) in [6, 6.07) is 2.30. The van der Waals surface area contributed by atoms with Gasteiger partial charge in [0.15, 0.2) is 0 Å². The van der Waals surface area contributed by atoms with E-state index in [0.29, 0.717) is 10.2 Å². The Morgan fingerprint density at radius 3 is 2.65 bits per heavy atom. The van der Waals surface area contributed by atoms with E-state index in [-0.39, 0.29) is 11.6 Å². The maximum absolute atomic E-state index is 13.2. The van der Waals surface area contributed by atoms with Gasteiger partial charge in [-0.1, -0.05) is 0 Å². The summed E-state index contributed by atoms with van der Waals surface area (Å²) in [6.07, 6.45) is 0. The number of nitrogen functional groups attached to an aromatic ring is 1. The summed E-state index contributed by atoms with van der Waals surface area (Å²) in [7, 11) is 3.34. The van der Waals surface area contributed by atoms with Crippen LogP contribution in [0.15, 0.2) is 16.6 Å². The van der Waals surface area contributed by atoms with Crippen molar-refractivity contribution in [3.05, 3.63) is 22.4 Å². The lowest BCUT2D eigenvalue weighted by molar-refractivity contribution is -0.129. The minimum Gasteiger partial charge on any atom is -0.397 e. The largest absolute Gasteiger partial charge is 0.397 e.